The topological polar surface area (TPSA) is 119 Å². The van der Waals surface area contributed by atoms with Gasteiger partial charge in [0.05, 0.1) is 4.92 Å². The van der Waals surface area contributed by atoms with E-state index in [1.54, 1.807) is 19.1 Å². The lowest BCUT2D eigenvalue weighted by Gasteiger charge is -2.14. The van der Waals surface area contributed by atoms with Crippen molar-refractivity contribution in [3.8, 4) is 5.75 Å². The molecule has 0 saturated carbocycles. The van der Waals surface area contributed by atoms with E-state index in [2.05, 4.69) is 5.32 Å². The third-order valence-electron chi connectivity index (χ3n) is 3.47. The van der Waals surface area contributed by atoms with Gasteiger partial charge in [-0.15, -0.1) is 0 Å². The summed E-state index contributed by atoms with van der Waals surface area (Å²) < 4.78 is 5.03. The predicted octanol–water partition coefficient (Wildman–Crippen LogP) is 2.79. The maximum atomic E-state index is 12.1. The number of ether oxygens (including phenoxy) is 1. The molecule has 8 heteroatoms. The van der Waals surface area contributed by atoms with Crippen molar-refractivity contribution in [2.75, 3.05) is 5.32 Å². The van der Waals surface area contributed by atoms with Gasteiger partial charge in [0.25, 0.3) is 11.6 Å². The first-order valence-electron chi connectivity index (χ1n) is 7.35. The number of benzene rings is 2. The smallest absolute Gasteiger partial charge is 0.342 e. The first-order chi connectivity index (χ1) is 11.8. The fourth-order valence-corrected chi connectivity index (χ4v) is 2.07. The first kappa shape index (κ1) is 17.9. The van der Waals surface area contributed by atoms with E-state index in [9.17, 15) is 24.8 Å². The van der Waals surface area contributed by atoms with Crippen LogP contribution in [0.15, 0.2) is 42.5 Å². The van der Waals surface area contributed by atoms with Crippen LogP contribution in [0.25, 0.3) is 0 Å². The van der Waals surface area contributed by atoms with Crippen LogP contribution < -0.4 is 5.32 Å². The van der Waals surface area contributed by atoms with Gasteiger partial charge in [-0.05, 0) is 31.5 Å². The van der Waals surface area contributed by atoms with Gasteiger partial charge in [0.2, 0.25) is 0 Å². The minimum atomic E-state index is -1.22. The van der Waals surface area contributed by atoms with E-state index in [0.717, 1.165) is 0 Å². The summed E-state index contributed by atoms with van der Waals surface area (Å²) in [7, 11) is 0. The number of esters is 1. The quantitative estimate of drug-likeness (QED) is 0.489. The molecule has 0 aromatic heterocycles. The molecule has 2 aromatic rings. The van der Waals surface area contributed by atoms with Gasteiger partial charge in [-0.25, -0.2) is 4.79 Å². The molecule has 0 aliphatic carbocycles. The van der Waals surface area contributed by atoms with Crippen molar-refractivity contribution in [2.24, 2.45) is 0 Å². The number of nitro benzene ring substituents is 1. The van der Waals surface area contributed by atoms with Crippen molar-refractivity contribution in [3.05, 3.63) is 63.7 Å². The number of aryl methyl sites for hydroxylation is 1. The van der Waals surface area contributed by atoms with Crippen molar-refractivity contribution in [2.45, 2.75) is 20.0 Å². The van der Waals surface area contributed by atoms with Crippen LogP contribution in [0.5, 0.6) is 5.75 Å². The number of rotatable bonds is 5. The number of phenolic OH excluding ortho intramolecular Hbond substituents is 1. The summed E-state index contributed by atoms with van der Waals surface area (Å²) >= 11 is 0. The standard InChI is InChI=1S/C17H16N2O6/c1-10-6-5-7-12(15(10)20)17(22)25-11(2)16(21)18-13-8-3-4-9-14(13)19(23)24/h3-9,11,20H,1-2H3,(H,18,21)/t11-/m1/s1. The molecule has 0 bridgehead atoms. The van der Waals surface area contributed by atoms with E-state index in [4.69, 9.17) is 4.74 Å². The third-order valence-corrected chi connectivity index (χ3v) is 3.47. The van der Waals surface area contributed by atoms with E-state index in [-0.39, 0.29) is 22.7 Å². The van der Waals surface area contributed by atoms with E-state index >= 15 is 0 Å². The summed E-state index contributed by atoms with van der Waals surface area (Å²) in [6.45, 7) is 2.95. The molecule has 8 nitrogen and oxygen atoms in total. The molecule has 0 aliphatic rings. The number of aromatic hydroxyl groups is 1. The minimum Gasteiger partial charge on any atom is -0.507 e. The van der Waals surface area contributed by atoms with Gasteiger partial charge in [0.15, 0.2) is 6.10 Å². The number of nitro groups is 1. The highest BCUT2D eigenvalue weighted by Crippen LogP contribution is 2.24. The number of para-hydroxylation sites is 3. The molecule has 2 aromatic carbocycles. The number of amides is 1. The Morgan fingerprint density at radius 2 is 1.88 bits per heavy atom. The Hall–Kier alpha value is -3.42. The van der Waals surface area contributed by atoms with Gasteiger partial charge >= 0.3 is 5.97 Å². The Balaban J connectivity index is 2.09. The summed E-state index contributed by atoms with van der Waals surface area (Å²) in [6.07, 6.45) is -1.22. The number of nitrogens with zero attached hydrogens (tertiary/aromatic N) is 1. The molecule has 25 heavy (non-hydrogen) atoms. The van der Waals surface area contributed by atoms with Crippen LogP contribution in [-0.2, 0) is 9.53 Å². The van der Waals surface area contributed by atoms with E-state index in [1.165, 1.54) is 37.3 Å². The third kappa shape index (κ3) is 4.11. The lowest BCUT2D eigenvalue weighted by atomic mass is 10.1. The number of hydrogen-bond donors (Lipinski definition) is 2. The molecular formula is C17H16N2O6. The second-order valence-corrected chi connectivity index (χ2v) is 5.28. The van der Waals surface area contributed by atoms with Crippen molar-refractivity contribution < 1.29 is 24.4 Å². The second-order valence-electron chi connectivity index (χ2n) is 5.28. The minimum absolute atomic E-state index is 0.00111. The van der Waals surface area contributed by atoms with Gasteiger partial charge in [-0.3, -0.25) is 14.9 Å². The van der Waals surface area contributed by atoms with Gasteiger partial charge in [-0.1, -0.05) is 24.3 Å². The molecule has 0 saturated heterocycles. The molecule has 1 amide bonds. The SMILES string of the molecule is Cc1cccc(C(=O)O[C@H](C)C(=O)Nc2ccccc2[N+](=O)[O-])c1O. The zero-order valence-electron chi connectivity index (χ0n) is 13.6. The molecule has 1 atom stereocenters. The number of anilines is 1. The molecule has 0 aliphatic heterocycles. The van der Waals surface area contributed by atoms with Gasteiger partial charge in [0.1, 0.15) is 17.0 Å². The normalized spacial score (nSPS) is 11.4. The highest BCUT2D eigenvalue weighted by molar-refractivity contribution is 5.99. The van der Waals surface area contributed by atoms with Crippen LogP contribution in [0.4, 0.5) is 11.4 Å². The van der Waals surface area contributed by atoms with Crippen LogP contribution in [0, 0.1) is 17.0 Å². The molecule has 0 heterocycles. The highest BCUT2D eigenvalue weighted by Gasteiger charge is 2.23. The molecule has 0 unspecified atom stereocenters. The Morgan fingerprint density at radius 1 is 1.20 bits per heavy atom. The summed E-state index contributed by atoms with van der Waals surface area (Å²) in [4.78, 5) is 34.5. The summed E-state index contributed by atoms with van der Waals surface area (Å²) in [5.74, 6) is -1.82. The Kier molecular flexibility index (Phi) is 5.33. The first-order valence-corrected chi connectivity index (χ1v) is 7.35. The summed E-state index contributed by atoms with van der Waals surface area (Å²) in [5.41, 5.74) is 0.154. The average Bonchev–Trinajstić information content (AvgIpc) is 2.57. The Labute approximate surface area is 143 Å². The average molecular weight is 344 g/mol. The fourth-order valence-electron chi connectivity index (χ4n) is 2.07. The Morgan fingerprint density at radius 3 is 2.56 bits per heavy atom. The fraction of sp³-hybridized carbons (Fsp3) is 0.176. The molecule has 0 spiro atoms. The monoisotopic (exact) mass is 344 g/mol. The largest absolute Gasteiger partial charge is 0.507 e. The maximum Gasteiger partial charge on any atom is 0.342 e. The number of nitrogens with one attached hydrogen (secondary N) is 1. The van der Waals surface area contributed by atoms with Crippen molar-refractivity contribution >= 4 is 23.3 Å². The van der Waals surface area contributed by atoms with E-state index in [1.807, 2.05) is 0 Å². The zero-order valence-corrected chi connectivity index (χ0v) is 13.6. The van der Waals surface area contributed by atoms with E-state index < -0.39 is 22.9 Å². The second kappa shape index (κ2) is 7.43. The lowest BCUT2D eigenvalue weighted by Crippen LogP contribution is -2.30. The molecule has 2 rings (SSSR count). The van der Waals surface area contributed by atoms with Crippen molar-refractivity contribution in [1.29, 1.82) is 0 Å². The van der Waals surface area contributed by atoms with Gasteiger partial charge in [-0.2, -0.15) is 0 Å². The molecule has 130 valence electrons. The molecule has 2 N–H and O–H groups in total. The number of carbonyl (C=O) groups is 2. The van der Waals surface area contributed by atoms with Crippen LogP contribution in [0.3, 0.4) is 0 Å². The predicted molar refractivity (Wildman–Crippen MR) is 89.4 cm³/mol. The van der Waals surface area contributed by atoms with Crippen LogP contribution >= 0.6 is 0 Å². The molecule has 0 fully saturated rings. The summed E-state index contributed by atoms with van der Waals surface area (Å²) in [5, 5.41) is 23.2. The number of phenols is 1. The highest BCUT2D eigenvalue weighted by atomic mass is 16.6. The molecular weight excluding hydrogens is 328 g/mol. The van der Waals surface area contributed by atoms with Crippen molar-refractivity contribution in [3.63, 3.8) is 0 Å². The van der Waals surface area contributed by atoms with Crippen LogP contribution in [0.2, 0.25) is 0 Å². The number of hydrogen-bond acceptors (Lipinski definition) is 6. The van der Waals surface area contributed by atoms with Crippen molar-refractivity contribution in [1.82, 2.24) is 0 Å². The zero-order chi connectivity index (χ0) is 18.6. The van der Waals surface area contributed by atoms with Gasteiger partial charge in [0, 0.05) is 6.07 Å². The van der Waals surface area contributed by atoms with Crippen LogP contribution in [0.1, 0.15) is 22.8 Å². The maximum absolute atomic E-state index is 12.1. The molecule has 0 radical (unpaired) electrons. The summed E-state index contributed by atoms with van der Waals surface area (Å²) in [6, 6.07) is 10.2. The van der Waals surface area contributed by atoms with Gasteiger partial charge < -0.3 is 15.2 Å². The number of carbonyl (C=O) groups excluding carboxylic acids is 2. The van der Waals surface area contributed by atoms with Crippen LogP contribution in [-0.4, -0.2) is 28.0 Å². The Bertz CT molecular complexity index is 834. The van der Waals surface area contributed by atoms with E-state index in [0.29, 0.717) is 5.56 Å². The lowest BCUT2D eigenvalue weighted by molar-refractivity contribution is -0.383.